The van der Waals surface area contributed by atoms with E-state index in [1.807, 2.05) is 25.1 Å². The molecule has 0 bridgehead atoms. The number of pyridine rings is 1. The number of hydrogen-bond donors (Lipinski definition) is 1. The highest BCUT2D eigenvalue weighted by Crippen LogP contribution is 2.37. The predicted octanol–water partition coefficient (Wildman–Crippen LogP) is 4.75. The Hall–Kier alpha value is -2.90. The highest BCUT2D eigenvalue weighted by atomic mass is 35.5. The number of hydrogen-bond acceptors (Lipinski definition) is 4. The fourth-order valence-corrected chi connectivity index (χ4v) is 4.38. The van der Waals surface area contributed by atoms with Crippen LogP contribution >= 0.6 is 23.4 Å². The Bertz CT molecular complexity index is 1130. The maximum absolute atomic E-state index is 14.3. The van der Waals surface area contributed by atoms with Crippen molar-refractivity contribution in [3.8, 4) is 0 Å². The number of carbonyl (C=O) groups is 2. The third kappa shape index (κ3) is 4.73. The molecule has 0 spiro atoms. The van der Waals surface area contributed by atoms with E-state index in [-0.39, 0.29) is 34.7 Å². The first-order valence-corrected chi connectivity index (χ1v) is 11.0. The van der Waals surface area contributed by atoms with Crippen molar-refractivity contribution in [1.82, 2.24) is 10.3 Å². The summed E-state index contributed by atoms with van der Waals surface area (Å²) in [6.45, 7) is 2.23. The van der Waals surface area contributed by atoms with E-state index in [4.69, 9.17) is 11.6 Å². The van der Waals surface area contributed by atoms with Crippen LogP contribution in [0.25, 0.3) is 0 Å². The number of halogens is 2. The summed E-state index contributed by atoms with van der Waals surface area (Å²) in [6, 6.07) is 13.4. The summed E-state index contributed by atoms with van der Waals surface area (Å²) < 4.78 is 14.3. The molecule has 2 aromatic carbocycles. The lowest BCUT2D eigenvalue weighted by molar-refractivity contribution is -0.116. The zero-order valence-electron chi connectivity index (χ0n) is 16.7. The highest BCUT2D eigenvalue weighted by Gasteiger charge is 2.27. The molecule has 2 heterocycles. The van der Waals surface area contributed by atoms with Gasteiger partial charge in [0.2, 0.25) is 5.91 Å². The second-order valence-corrected chi connectivity index (χ2v) is 8.57. The molecule has 4 rings (SSSR count). The van der Waals surface area contributed by atoms with Gasteiger partial charge in [0.25, 0.3) is 5.91 Å². The van der Waals surface area contributed by atoms with Crippen LogP contribution in [0.4, 0.5) is 10.1 Å². The van der Waals surface area contributed by atoms with Crippen LogP contribution in [0.3, 0.4) is 0 Å². The molecule has 158 valence electrons. The van der Waals surface area contributed by atoms with Crippen molar-refractivity contribution < 1.29 is 14.0 Å². The molecular weight excluding hydrogens is 437 g/mol. The Morgan fingerprint density at radius 1 is 1.26 bits per heavy atom. The Balaban J connectivity index is 1.57. The number of aromatic nitrogens is 1. The fourth-order valence-electron chi connectivity index (χ4n) is 3.25. The van der Waals surface area contributed by atoms with E-state index in [1.165, 1.54) is 28.8 Å². The molecule has 0 saturated carbocycles. The molecule has 31 heavy (non-hydrogen) atoms. The molecule has 8 heteroatoms. The molecule has 1 N–H and O–H groups in total. The van der Waals surface area contributed by atoms with Crippen LogP contribution in [0, 0.1) is 12.7 Å². The van der Waals surface area contributed by atoms with Gasteiger partial charge in [-0.05, 0) is 48.9 Å². The van der Waals surface area contributed by atoms with E-state index >= 15 is 0 Å². The summed E-state index contributed by atoms with van der Waals surface area (Å²) in [5.74, 6) is -0.665. The monoisotopic (exact) mass is 455 g/mol. The second-order valence-electron chi connectivity index (χ2n) is 7.14. The van der Waals surface area contributed by atoms with Gasteiger partial charge >= 0.3 is 0 Å². The Morgan fingerprint density at radius 2 is 2.10 bits per heavy atom. The molecule has 2 amide bonds. The lowest BCUT2D eigenvalue weighted by Gasteiger charge is -2.30. The van der Waals surface area contributed by atoms with Gasteiger partial charge < -0.3 is 10.2 Å². The molecule has 5 nitrogen and oxygen atoms in total. The number of fused-ring (bicyclic) bond motifs is 1. The summed E-state index contributed by atoms with van der Waals surface area (Å²) in [7, 11) is 0. The molecule has 3 aromatic rings. The van der Waals surface area contributed by atoms with E-state index in [0.29, 0.717) is 17.8 Å². The third-order valence-corrected chi connectivity index (χ3v) is 6.37. The number of nitrogens with one attached hydrogen (secondary N) is 1. The van der Waals surface area contributed by atoms with Gasteiger partial charge in [-0.2, -0.15) is 0 Å². The molecule has 1 aromatic heterocycles. The Labute approximate surface area is 188 Å². The van der Waals surface area contributed by atoms with Crippen LogP contribution in [0.15, 0.2) is 59.6 Å². The SMILES string of the molecule is Cc1ccc(CNC(=O)c2ccc3c(c2)N(Cc2c(F)cccc2Cl)C(=O)CS3)cn1. The number of carbonyl (C=O) groups excluding carboxylic acids is 2. The maximum Gasteiger partial charge on any atom is 0.251 e. The number of benzene rings is 2. The summed E-state index contributed by atoms with van der Waals surface area (Å²) in [4.78, 5) is 31.9. The maximum atomic E-state index is 14.3. The molecule has 0 saturated heterocycles. The smallest absolute Gasteiger partial charge is 0.251 e. The number of amides is 2. The predicted molar refractivity (Wildman–Crippen MR) is 120 cm³/mol. The topological polar surface area (TPSA) is 62.3 Å². The first-order valence-electron chi connectivity index (χ1n) is 9.62. The zero-order chi connectivity index (χ0) is 22.0. The minimum atomic E-state index is -0.472. The van der Waals surface area contributed by atoms with Crippen LogP contribution in [-0.4, -0.2) is 22.6 Å². The quantitative estimate of drug-likeness (QED) is 0.603. The van der Waals surface area contributed by atoms with Crippen LogP contribution in [0.5, 0.6) is 0 Å². The van der Waals surface area contributed by atoms with Gasteiger partial charge in [0.1, 0.15) is 5.82 Å². The Morgan fingerprint density at radius 3 is 2.84 bits per heavy atom. The molecule has 1 aliphatic heterocycles. The van der Waals surface area contributed by atoms with E-state index in [1.54, 1.807) is 24.4 Å². The standard InChI is InChI=1S/C23H19ClFN3O2S/c1-14-5-6-15(10-26-14)11-27-23(30)16-7-8-21-20(9-16)28(22(29)13-31-21)12-17-18(24)3-2-4-19(17)25/h2-10H,11-13H2,1H3,(H,27,30). The van der Waals surface area contributed by atoms with Crippen molar-refractivity contribution in [1.29, 1.82) is 0 Å². The van der Waals surface area contributed by atoms with Crippen molar-refractivity contribution in [2.75, 3.05) is 10.7 Å². The average molecular weight is 456 g/mol. The van der Waals surface area contributed by atoms with Crippen molar-refractivity contribution in [2.45, 2.75) is 24.9 Å². The number of thioether (sulfide) groups is 1. The van der Waals surface area contributed by atoms with Gasteiger partial charge in [0.05, 0.1) is 18.0 Å². The zero-order valence-corrected chi connectivity index (χ0v) is 18.3. The van der Waals surface area contributed by atoms with E-state index in [0.717, 1.165) is 16.2 Å². The van der Waals surface area contributed by atoms with Crippen molar-refractivity contribution >= 4 is 40.9 Å². The number of rotatable bonds is 5. The largest absolute Gasteiger partial charge is 0.348 e. The van der Waals surface area contributed by atoms with Gasteiger partial charge in [-0.25, -0.2) is 4.39 Å². The van der Waals surface area contributed by atoms with Crippen molar-refractivity contribution in [2.24, 2.45) is 0 Å². The highest BCUT2D eigenvalue weighted by molar-refractivity contribution is 8.00. The fraction of sp³-hybridized carbons (Fsp3) is 0.174. The number of anilines is 1. The van der Waals surface area contributed by atoms with Crippen molar-refractivity contribution in [3.63, 3.8) is 0 Å². The third-order valence-electron chi connectivity index (χ3n) is 4.97. The molecule has 0 aliphatic carbocycles. The van der Waals surface area contributed by atoms with Crippen LogP contribution in [0.1, 0.15) is 27.2 Å². The molecular formula is C23H19ClFN3O2S. The minimum absolute atomic E-state index is 0.00198. The molecule has 0 unspecified atom stereocenters. The van der Waals surface area contributed by atoms with Gasteiger partial charge in [0, 0.05) is 39.5 Å². The van der Waals surface area contributed by atoms with Gasteiger partial charge in [-0.15, -0.1) is 11.8 Å². The first kappa shape index (κ1) is 21.3. The van der Waals surface area contributed by atoms with E-state index in [2.05, 4.69) is 10.3 Å². The van der Waals surface area contributed by atoms with E-state index in [9.17, 15) is 14.0 Å². The molecule has 0 fully saturated rings. The Kier molecular flexibility index (Phi) is 6.25. The summed E-state index contributed by atoms with van der Waals surface area (Å²) in [6.07, 6.45) is 1.72. The summed E-state index contributed by atoms with van der Waals surface area (Å²) in [5, 5.41) is 3.12. The first-order chi connectivity index (χ1) is 14.9. The second kappa shape index (κ2) is 9.08. The number of aryl methyl sites for hydroxylation is 1. The lowest BCUT2D eigenvalue weighted by Crippen LogP contribution is -2.35. The molecule has 1 aliphatic rings. The van der Waals surface area contributed by atoms with Crippen LogP contribution < -0.4 is 10.2 Å². The minimum Gasteiger partial charge on any atom is -0.348 e. The summed E-state index contributed by atoms with van der Waals surface area (Å²) >= 11 is 7.56. The van der Waals surface area contributed by atoms with Crippen LogP contribution in [-0.2, 0) is 17.9 Å². The van der Waals surface area contributed by atoms with Gasteiger partial charge in [0.15, 0.2) is 0 Å². The van der Waals surface area contributed by atoms with E-state index < -0.39 is 5.82 Å². The van der Waals surface area contributed by atoms with Gasteiger partial charge in [-0.1, -0.05) is 23.7 Å². The van der Waals surface area contributed by atoms with Crippen LogP contribution in [0.2, 0.25) is 5.02 Å². The molecule has 0 radical (unpaired) electrons. The summed E-state index contributed by atoms with van der Waals surface area (Å²) in [5.41, 5.74) is 3.03. The lowest BCUT2D eigenvalue weighted by atomic mass is 10.1. The molecule has 0 atom stereocenters. The van der Waals surface area contributed by atoms with Gasteiger partial charge in [-0.3, -0.25) is 14.6 Å². The average Bonchev–Trinajstić information content (AvgIpc) is 2.76. The van der Waals surface area contributed by atoms with Crippen molar-refractivity contribution in [3.05, 3.63) is 88.0 Å². The number of nitrogens with zero attached hydrogens (tertiary/aromatic N) is 2. The normalized spacial score (nSPS) is 13.1.